The van der Waals surface area contributed by atoms with Crippen LogP contribution in [0.1, 0.15) is 37.7 Å². The Morgan fingerprint density at radius 2 is 2.45 bits per heavy atom. The molecule has 0 radical (unpaired) electrons. The van der Waals surface area contributed by atoms with Gasteiger partial charge in [0.25, 0.3) is 6.01 Å². The Morgan fingerprint density at radius 3 is 3.10 bits per heavy atom. The number of carbonyl (C=O) groups excluding carboxylic acids is 1. The quantitative estimate of drug-likeness (QED) is 0.804. The molecule has 6 nitrogen and oxygen atoms in total. The predicted molar refractivity (Wildman–Crippen MR) is 75.8 cm³/mol. The third-order valence-electron chi connectivity index (χ3n) is 3.58. The Kier molecular flexibility index (Phi) is 5.00. The fraction of sp³-hybridized carbons (Fsp3) is 0.714. The van der Waals surface area contributed by atoms with Crippen molar-refractivity contribution in [3.63, 3.8) is 0 Å². The lowest BCUT2D eigenvalue weighted by atomic mass is 10.1. The standard InChI is InChI=1S/C14H23N3O3/c1-4-19-13(18)12-9-20-14(16-12)15-7-11-5-6-17(8-11)10(2)3/h9-11H,4-8H2,1-3H3,(H,15,16). The number of nitrogens with zero attached hydrogens (tertiary/aromatic N) is 2. The van der Waals surface area contributed by atoms with Crippen molar-refractivity contribution in [2.75, 3.05) is 31.6 Å². The molecule has 112 valence electrons. The molecule has 0 bridgehead atoms. The molecule has 1 aliphatic rings. The van der Waals surface area contributed by atoms with E-state index >= 15 is 0 Å². The predicted octanol–water partition coefficient (Wildman–Crippen LogP) is 1.99. The van der Waals surface area contributed by atoms with Gasteiger partial charge in [0, 0.05) is 19.1 Å². The Hall–Kier alpha value is -1.56. The van der Waals surface area contributed by atoms with E-state index in [-0.39, 0.29) is 5.69 Å². The Morgan fingerprint density at radius 1 is 1.65 bits per heavy atom. The maximum Gasteiger partial charge on any atom is 0.360 e. The highest BCUT2D eigenvalue weighted by Gasteiger charge is 2.24. The summed E-state index contributed by atoms with van der Waals surface area (Å²) in [7, 11) is 0. The Labute approximate surface area is 119 Å². The summed E-state index contributed by atoms with van der Waals surface area (Å²) >= 11 is 0. The van der Waals surface area contributed by atoms with Crippen LogP contribution in [0.4, 0.5) is 6.01 Å². The summed E-state index contributed by atoms with van der Waals surface area (Å²) in [5.41, 5.74) is 0.213. The lowest BCUT2D eigenvalue weighted by molar-refractivity contribution is 0.0519. The van der Waals surface area contributed by atoms with E-state index in [0.717, 1.165) is 19.6 Å². The van der Waals surface area contributed by atoms with Crippen molar-refractivity contribution in [3.05, 3.63) is 12.0 Å². The van der Waals surface area contributed by atoms with Crippen LogP contribution in [0.15, 0.2) is 10.7 Å². The highest BCUT2D eigenvalue weighted by atomic mass is 16.5. The molecule has 1 saturated heterocycles. The second-order valence-electron chi connectivity index (χ2n) is 5.38. The van der Waals surface area contributed by atoms with Crippen LogP contribution in [0.5, 0.6) is 0 Å². The van der Waals surface area contributed by atoms with Gasteiger partial charge in [-0.15, -0.1) is 0 Å². The molecule has 0 aromatic carbocycles. The average Bonchev–Trinajstić information content (AvgIpc) is 3.06. The summed E-state index contributed by atoms with van der Waals surface area (Å²) in [6.45, 7) is 9.58. The van der Waals surface area contributed by atoms with Crippen LogP contribution in [-0.4, -0.2) is 48.1 Å². The number of carbonyl (C=O) groups is 1. The Bertz CT molecular complexity index is 445. The number of rotatable bonds is 6. The normalized spacial score (nSPS) is 19.5. The summed E-state index contributed by atoms with van der Waals surface area (Å²) in [4.78, 5) is 18.0. The van der Waals surface area contributed by atoms with Crippen LogP contribution < -0.4 is 5.32 Å². The minimum Gasteiger partial charge on any atom is -0.461 e. The van der Waals surface area contributed by atoms with Gasteiger partial charge >= 0.3 is 5.97 Å². The van der Waals surface area contributed by atoms with Gasteiger partial charge < -0.3 is 19.4 Å². The van der Waals surface area contributed by atoms with Gasteiger partial charge in [-0.3, -0.25) is 0 Å². The van der Waals surface area contributed by atoms with Crippen molar-refractivity contribution in [3.8, 4) is 0 Å². The molecule has 20 heavy (non-hydrogen) atoms. The van der Waals surface area contributed by atoms with Crippen LogP contribution in [0.2, 0.25) is 0 Å². The van der Waals surface area contributed by atoms with E-state index in [0.29, 0.717) is 24.6 Å². The highest BCUT2D eigenvalue weighted by Crippen LogP contribution is 2.19. The molecule has 1 aromatic rings. The lowest BCUT2D eigenvalue weighted by Gasteiger charge is -2.20. The third-order valence-corrected chi connectivity index (χ3v) is 3.58. The molecule has 1 aliphatic heterocycles. The molecule has 2 rings (SSSR count). The van der Waals surface area contributed by atoms with Gasteiger partial charge in [0.1, 0.15) is 6.26 Å². The first kappa shape index (κ1) is 14.8. The van der Waals surface area contributed by atoms with Crippen LogP contribution in [0.3, 0.4) is 0 Å². The van der Waals surface area contributed by atoms with E-state index in [1.807, 2.05) is 0 Å². The number of esters is 1. The van der Waals surface area contributed by atoms with Crippen LogP contribution in [-0.2, 0) is 4.74 Å². The van der Waals surface area contributed by atoms with Crippen molar-refractivity contribution >= 4 is 12.0 Å². The van der Waals surface area contributed by atoms with Gasteiger partial charge in [0.05, 0.1) is 6.61 Å². The van der Waals surface area contributed by atoms with E-state index in [4.69, 9.17) is 9.15 Å². The van der Waals surface area contributed by atoms with Gasteiger partial charge in [-0.2, -0.15) is 4.98 Å². The van der Waals surface area contributed by atoms with Crippen molar-refractivity contribution in [2.45, 2.75) is 33.2 Å². The number of hydrogen-bond acceptors (Lipinski definition) is 6. The first-order valence-electron chi connectivity index (χ1n) is 7.20. The van der Waals surface area contributed by atoms with E-state index in [1.54, 1.807) is 6.92 Å². The summed E-state index contributed by atoms with van der Waals surface area (Å²) < 4.78 is 10.1. The first-order valence-corrected chi connectivity index (χ1v) is 7.20. The Balaban J connectivity index is 1.79. The molecule has 1 aromatic heterocycles. The molecule has 0 saturated carbocycles. The number of likely N-dealkylation sites (tertiary alicyclic amines) is 1. The van der Waals surface area contributed by atoms with Gasteiger partial charge in [-0.1, -0.05) is 0 Å². The van der Waals surface area contributed by atoms with Gasteiger partial charge in [0.2, 0.25) is 0 Å². The first-order chi connectivity index (χ1) is 9.60. The van der Waals surface area contributed by atoms with Gasteiger partial charge in [0.15, 0.2) is 5.69 Å². The lowest BCUT2D eigenvalue weighted by Crippen LogP contribution is -2.29. The number of hydrogen-bond donors (Lipinski definition) is 1. The molecule has 1 N–H and O–H groups in total. The summed E-state index contributed by atoms with van der Waals surface area (Å²) in [5, 5.41) is 3.15. The molecular weight excluding hydrogens is 258 g/mol. The number of ether oxygens (including phenoxy) is 1. The van der Waals surface area contributed by atoms with Crippen molar-refractivity contribution < 1.29 is 13.9 Å². The topological polar surface area (TPSA) is 67.6 Å². The zero-order valence-electron chi connectivity index (χ0n) is 12.4. The van der Waals surface area contributed by atoms with Gasteiger partial charge in [-0.25, -0.2) is 4.79 Å². The molecule has 1 unspecified atom stereocenters. The SMILES string of the molecule is CCOC(=O)c1coc(NCC2CCN(C(C)C)C2)n1. The smallest absolute Gasteiger partial charge is 0.360 e. The van der Waals surface area contributed by atoms with Crippen LogP contribution in [0.25, 0.3) is 0 Å². The molecule has 6 heteroatoms. The molecular formula is C14H23N3O3. The largest absolute Gasteiger partial charge is 0.461 e. The zero-order chi connectivity index (χ0) is 14.5. The molecule has 2 heterocycles. The average molecular weight is 281 g/mol. The monoisotopic (exact) mass is 281 g/mol. The van der Waals surface area contributed by atoms with E-state index in [2.05, 4.69) is 29.0 Å². The van der Waals surface area contributed by atoms with Gasteiger partial charge in [-0.05, 0) is 39.7 Å². The number of anilines is 1. The molecule has 0 spiro atoms. The number of nitrogens with one attached hydrogen (secondary N) is 1. The summed E-state index contributed by atoms with van der Waals surface area (Å²) in [6, 6.07) is 0.980. The maximum absolute atomic E-state index is 11.5. The number of oxazole rings is 1. The van der Waals surface area contributed by atoms with Crippen molar-refractivity contribution in [1.82, 2.24) is 9.88 Å². The van der Waals surface area contributed by atoms with Crippen molar-refractivity contribution in [2.24, 2.45) is 5.92 Å². The molecule has 1 fully saturated rings. The third kappa shape index (κ3) is 3.72. The second-order valence-corrected chi connectivity index (χ2v) is 5.38. The molecule has 1 atom stereocenters. The molecule has 0 amide bonds. The van der Waals surface area contributed by atoms with E-state index in [9.17, 15) is 4.79 Å². The highest BCUT2D eigenvalue weighted by molar-refractivity contribution is 5.87. The summed E-state index contributed by atoms with van der Waals surface area (Å²) in [6.07, 6.45) is 2.51. The summed E-state index contributed by atoms with van der Waals surface area (Å²) in [5.74, 6) is 0.145. The maximum atomic E-state index is 11.5. The fourth-order valence-corrected chi connectivity index (χ4v) is 2.38. The van der Waals surface area contributed by atoms with E-state index < -0.39 is 5.97 Å². The van der Waals surface area contributed by atoms with Crippen LogP contribution >= 0.6 is 0 Å². The van der Waals surface area contributed by atoms with Crippen LogP contribution in [0, 0.1) is 5.92 Å². The zero-order valence-corrected chi connectivity index (χ0v) is 12.4. The second kappa shape index (κ2) is 6.74. The van der Waals surface area contributed by atoms with E-state index in [1.165, 1.54) is 12.7 Å². The number of aromatic nitrogens is 1. The minimum absolute atomic E-state index is 0.213. The fourth-order valence-electron chi connectivity index (χ4n) is 2.38. The van der Waals surface area contributed by atoms with Crippen molar-refractivity contribution in [1.29, 1.82) is 0 Å². The molecule has 0 aliphatic carbocycles. The minimum atomic E-state index is -0.448.